The van der Waals surface area contributed by atoms with E-state index in [2.05, 4.69) is 67.9 Å². The first-order valence-electron chi connectivity index (χ1n) is 7.50. The van der Waals surface area contributed by atoms with Gasteiger partial charge in [0.25, 0.3) is 0 Å². The van der Waals surface area contributed by atoms with E-state index >= 15 is 0 Å². The van der Waals surface area contributed by atoms with Gasteiger partial charge < -0.3 is 5.32 Å². The zero-order valence-corrected chi connectivity index (χ0v) is 13.4. The molecule has 1 aromatic rings. The smallest absolute Gasteiger partial charge is 0.0422 e. The van der Waals surface area contributed by atoms with Crippen molar-refractivity contribution < 1.29 is 0 Å². The van der Waals surface area contributed by atoms with E-state index in [4.69, 9.17) is 0 Å². The van der Waals surface area contributed by atoms with Crippen LogP contribution in [0, 0.1) is 0 Å². The first kappa shape index (κ1) is 15.8. The lowest BCUT2D eigenvalue weighted by Crippen LogP contribution is -2.00. The Bertz CT molecular complexity index is 696. The van der Waals surface area contributed by atoms with Crippen molar-refractivity contribution in [1.29, 1.82) is 0 Å². The van der Waals surface area contributed by atoms with Crippen LogP contribution in [0.5, 0.6) is 0 Å². The van der Waals surface area contributed by atoms with Crippen LogP contribution in [0.3, 0.4) is 0 Å². The van der Waals surface area contributed by atoms with Crippen molar-refractivity contribution in [3.8, 4) is 0 Å². The molecule has 0 spiro atoms. The summed E-state index contributed by atoms with van der Waals surface area (Å²) in [5.74, 6) is 0. The summed E-state index contributed by atoms with van der Waals surface area (Å²) in [6.45, 7) is 13.0. The first-order valence-corrected chi connectivity index (χ1v) is 7.50. The van der Waals surface area contributed by atoms with Gasteiger partial charge >= 0.3 is 0 Å². The van der Waals surface area contributed by atoms with Gasteiger partial charge in [-0.3, -0.25) is 0 Å². The number of rotatable bonds is 3. The van der Waals surface area contributed by atoms with Crippen molar-refractivity contribution in [2.24, 2.45) is 0 Å². The van der Waals surface area contributed by atoms with Crippen molar-refractivity contribution in [3.05, 3.63) is 96.2 Å². The molecular weight excluding hydrogens is 266 g/mol. The Kier molecular flexibility index (Phi) is 5.37. The van der Waals surface area contributed by atoms with Crippen LogP contribution in [0.1, 0.15) is 19.4 Å². The lowest BCUT2D eigenvalue weighted by Gasteiger charge is -2.10. The number of anilines is 1. The van der Waals surface area contributed by atoms with Gasteiger partial charge in [0.05, 0.1) is 0 Å². The second kappa shape index (κ2) is 7.46. The molecular formula is C21H23N. The molecule has 1 heterocycles. The molecule has 0 unspecified atom stereocenters. The maximum Gasteiger partial charge on any atom is 0.0422 e. The fraction of sp³-hybridized carbons (Fsp3) is 0.143. The molecule has 1 aliphatic heterocycles. The lowest BCUT2D eigenvalue weighted by molar-refractivity contribution is 1.32. The van der Waals surface area contributed by atoms with Crippen molar-refractivity contribution >= 4 is 11.3 Å². The minimum absolute atomic E-state index is 0.802. The molecule has 0 radical (unpaired) electrons. The van der Waals surface area contributed by atoms with Crippen LogP contribution < -0.4 is 5.32 Å². The fourth-order valence-electron chi connectivity index (χ4n) is 2.25. The Labute approximate surface area is 133 Å². The topological polar surface area (TPSA) is 12.0 Å². The Morgan fingerprint density at radius 3 is 2.73 bits per heavy atom. The van der Waals surface area contributed by atoms with E-state index < -0.39 is 0 Å². The second-order valence-electron chi connectivity index (χ2n) is 5.42. The number of hydrogen-bond donors (Lipinski definition) is 1. The van der Waals surface area contributed by atoms with Gasteiger partial charge in [-0.1, -0.05) is 67.3 Å². The Hall–Kier alpha value is -2.54. The third-order valence-electron chi connectivity index (χ3n) is 3.68. The van der Waals surface area contributed by atoms with Crippen molar-refractivity contribution in [2.75, 3.05) is 11.9 Å². The molecule has 112 valence electrons. The average Bonchev–Trinajstić information content (AvgIpc) is 2.62. The van der Waals surface area contributed by atoms with Crippen molar-refractivity contribution in [1.82, 2.24) is 0 Å². The summed E-state index contributed by atoms with van der Waals surface area (Å²) in [6.07, 6.45) is 12.5. The third-order valence-corrected chi connectivity index (χ3v) is 3.68. The molecule has 0 atom stereocenters. The highest BCUT2D eigenvalue weighted by Gasteiger charge is 2.06. The molecule has 0 bridgehead atoms. The quantitative estimate of drug-likeness (QED) is 0.705. The maximum atomic E-state index is 4.23. The number of allylic oxidation sites excluding steroid dienone is 9. The SMILES string of the molecule is C=C\C(C)=C/C=C(C)/C1=C/C(=C)c2ccccc2NCC=C1. The number of benzene rings is 1. The predicted octanol–water partition coefficient (Wildman–Crippen LogP) is 5.69. The van der Waals surface area contributed by atoms with Gasteiger partial charge in [0.1, 0.15) is 0 Å². The molecule has 0 amide bonds. The van der Waals surface area contributed by atoms with Gasteiger partial charge in [-0.15, -0.1) is 0 Å². The molecule has 0 aliphatic carbocycles. The molecule has 1 heteroatoms. The zero-order valence-electron chi connectivity index (χ0n) is 13.4. The second-order valence-corrected chi connectivity index (χ2v) is 5.42. The van der Waals surface area contributed by atoms with Gasteiger partial charge in [-0.2, -0.15) is 0 Å². The van der Waals surface area contributed by atoms with Crippen molar-refractivity contribution in [3.63, 3.8) is 0 Å². The highest BCUT2D eigenvalue weighted by molar-refractivity contribution is 5.82. The third kappa shape index (κ3) is 3.98. The number of para-hydroxylation sites is 1. The summed E-state index contributed by atoms with van der Waals surface area (Å²) in [7, 11) is 0. The highest BCUT2D eigenvalue weighted by atomic mass is 14.9. The standard InChI is InChI=1S/C21H23N/c1-5-16(2)12-13-17(3)19-9-8-14-22-21-11-7-6-10-20(21)18(4)15-19/h5-13,15,22H,1,4,14H2,2-3H3/b9-8?,16-12-,17-13+,19-15+. The van der Waals surface area contributed by atoms with E-state index in [0.29, 0.717) is 0 Å². The largest absolute Gasteiger partial charge is 0.381 e. The van der Waals surface area contributed by atoms with E-state index in [-0.39, 0.29) is 0 Å². The molecule has 1 nitrogen and oxygen atoms in total. The predicted molar refractivity (Wildman–Crippen MR) is 98.9 cm³/mol. The van der Waals surface area contributed by atoms with E-state index in [1.54, 1.807) is 0 Å². The van der Waals surface area contributed by atoms with E-state index in [1.807, 2.05) is 25.1 Å². The fourth-order valence-corrected chi connectivity index (χ4v) is 2.25. The molecule has 0 saturated carbocycles. The van der Waals surface area contributed by atoms with Gasteiger partial charge in [0.15, 0.2) is 0 Å². The van der Waals surface area contributed by atoms with Crippen LogP contribution in [0.25, 0.3) is 5.57 Å². The normalized spacial score (nSPS) is 18.3. The summed E-state index contributed by atoms with van der Waals surface area (Å²) >= 11 is 0. The maximum absolute atomic E-state index is 4.23. The Morgan fingerprint density at radius 1 is 1.18 bits per heavy atom. The Morgan fingerprint density at radius 2 is 1.95 bits per heavy atom. The van der Waals surface area contributed by atoms with E-state index in [0.717, 1.165) is 28.9 Å². The Balaban J connectivity index is 2.40. The highest BCUT2D eigenvalue weighted by Crippen LogP contribution is 2.27. The molecule has 0 saturated heterocycles. The summed E-state index contributed by atoms with van der Waals surface area (Å²) < 4.78 is 0. The van der Waals surface area contributed by atoms with Crippen molar-refractivity contribution in [2.45, 2.75) is 13.8 Å². The summed E-state index contributed by atoms with van der Waals surface area (Å²) in [5, 5.41) is 3.43. The van der Waals surface area contributed by atoms with E-state index in [1.165, 1.54) is 11.1 Å². The molecule has 22 heavy (non-hydrogen) atoms. The van der Waals surface area contributed by atoms with Crippen LogP contribution in [0.4, 0.5) is 5.69 Å². The molecule has 2 rings (SSSR count). The van der Waals surface area contributed by atoms with E-state index in [9.17, 15) is 0 Å². The van der Waals surface area contributed by atoms with Gasteiger partial charge in [-0.05, 0) is 42.7 Å². The van der Waals surface area contributed by atoms with Crippen LogP contribution in [0.2, 0.25) is 0 Å². The summed E-state index contributed by atoms with van der Waals surface area (Å²) in [6, 6.07) is 8.28. The number of nitrogens with one attached hydrogen (secondary N) is 1. The molecule has 0 fully saturated rings. The molecule has 1 aromatic carbocycles. The first-order chi connectivity index (χ1) is 10.6. The average molecular weight is 289 g/mol. The number of hydrogen-bond acceptors (Lipinski definition) is 1. The zero-order chi connectivity index (χ0) is 15.9. The molecule has 0 aromatic heterocycles. The minimum Gasteiger partial charge on any atom is -0.381 e. The summed E-state index contributed by atoms with van der Waals surface area (Å²) in [5.41, 5.74) is 6.82. The van der Waals surface area contributed by atoms with Crippen LogP contribution in [0.15, 0.2) is 90.6 Å². The van der Waals surface area contributed by atoms with Gasteiger partial charge in [-0.25, -0.2) is 0 Å². The monoisotopic (exact) mass is 289 g/mol. The lowest BCUT2D eigenvalue weighted by atomic mass is 9.99. The van der Waals surface area contributed by atoms with Gasteiger partial charge in [0, 0.05) is 17.8 Å². The van der Waals surface area contributed by atoms with Crippen LogP contribution in [-0.2, 0) is 0 Å². The molecule has 1 aliphatic rings. The minimum atomic E-state index is 0.802. The number of fused-ring (bicyclic) bond motifs is 1. The van der Waals surface area contributed by atoms with Crippen LogP contribution >= 0.6 is 0 Å². The van der Waals surface area contributed by atoms with Crippen LogP contribution in [-0.4, -0.2) is 6.54 Å². The molecule has 1 N–H and O–H groups in total. The van der Waals surface area contributed by atoms with Gasteiger partial charge in [0.2, 0.25) is 0 Å². The summed E-state index contributed by atoms with van der Waals surface area (Å²) in [4.78, 5) is 0.